The molecule has 0 bridgehead atoms. The molecule has 0 spiro atoms. The molecule has 4 rings (SSSR count). The lowest BCUT2D eigenvalue weighted by Gasteiger charge is -2.24. The van der Waals surface area contributed by atoms with Crippen LogP contribution in [0.4, 0.5) is 0 Å². The van der Waals surface area contributed by atoms with Gasteiger partial charge in [-0.15, -0.1) is 0 Å². The number of hydrogen-bond donors (Lipinski definition) is 0. The molecular weight excluding hydrogens is 295 g/mol. The lowest BCUT2D eigenvalue weighted by atomic mass is 9.97. The standard InChI is InChI=1S/C22H25P/c1-3-12-19(13-4-1)23(20-14-5-2-6-15-20)22-17-9-16-21(22)18-10-7-8-11-18/h1-6,12-15,18H,7-11,16-17H2. The molecule has 0 saturated heterocycles. The molecular formula is C22H25P. The molecule has 0 N–H and O–H groups in total. The van der Waals surface area contributed by atoms with Gasteiger partial charge in [0.25, 0.3) is 0 Å². The summed E-state index contributed by atoms with van der Waals surface area (Å²) in [5.74, 6) is 0.893. The predicted molar refractivity (Wildman–Crippen MR) is 102 cm³/mol. The van der Waals surface area contributed by atoms with Gasteiger partial charge >= 0.3 is 0 Å². The van der Waals surface area contributed by atoms with Gasteiger partial charge in [-0.2, -0.15) is 0 Å². The van der Waals surface area contributed by atoms with Crippen molar-refractivity contribution in [3.63, 3.8) is 0 Å². The van der Waals surface area contributed by atoms with E-state index in [0.29, 0.717) is 0 Å². The minimum atomic E-state index is -0.328. The van der Waals surface area contributed by atoms with E-state index in [1.54, 1.807) is 0 Å². The molecule has 118 valence electrons. The van der Waals surface area contributed by atoms with Crippen molar-refractivity contribution >= 4 is 18.5 Å². The monoisotopic (exact) mass is 320 g/mol. The van der Waals surface area contributed by atoms with Gasteiger partial charge in [0.1, 0.15) is 0 Å². The van der Waals surface area contributed by atoms with Gasteiger partial charge in [0.2, 0.25) is 0 Å². The SMILES string of the molecule is c1ccc(P(C2=C(C3CCCC3)CCC2)c2ccccc2)cc1. The van der Waals surface area contributed by atoms with Crippen LogP contribution in [0.15, 0.2) is 71.6 Å². The Hall–Kier alpha value is -1.39. The van der Waals surface area contributed by atoms with Gasteiger partial charge in [-0.1, -0.05) is 79.1 Å². The molecule has 0 aliphatic heterocycles. The van der Waals surface area contributed by atoms with E-state index in [-0.39, 0.29) is 7.92 Å². The van der Waals surface area contributed by atoms with Crippen LogP contribution >= 0.6 is 7.92 Å². The first-order chi connectivity index (χ1) is 11.4. The van der Waals surface area contributed by atoms with Crippen LogP contribution in [0.3, 0.4) is 0 Å². The van der Waals surface area contributed by atoms with Crippen molar-refractivity contribution in [2.75, 3.05) is 0 Å². The number of allylic oxidation sites excluding steroid dienone is 2. The third-order valence-electron chi connectivity index (χ3n) is 5.38. The van der Waals surface area contributed by atoms with Crippen LogP contribution in [0, 0.1) is 5.92 Å². The normalized spacial score (nSPS) is 19.0. The van der Waals surface area contributed by atoms with E-state index in [2.05, 4.69) is 60.7 Å². The van der Waals surface area contributed by atoms with Gasteiger partial charge < -0.3 is 0 Å². The molecule has 2 aliphatic rings. The lowest BCUT2D eigenvalue weighted by Crippen LogP contribution is -2.14. The minimum Gasteiger partial charge on any atom is -0.0628 e. The summed E-state index contributed by atoms with van der Waals surface area (Å²) < 4.78 is 0. The van der Waals surface area contributed by atoms with Crippen molar-refractivity contribution in [3.05, 3.63) is 71.6 Å². The van der Waals surface area contributed by atoms with Crippen molar-refractivity contribution in [1.82, 2.24) is 0 Å². The Morgan fingerprint density at radius 1 is 0.652 bits per heavy atom. The zero-order valence-corrected chi connectivity index (χ0v) is 14.6. The van der Waals surface area contributed by atoms with Gasteiger partial charge in [0.05, 0.1) is 0 Å². The van der Waals surface area contributed by atoms with E-state index >= 15 is 0 Å². The molecule has 1 fully saturated rings. The fourth-order valence-corrected chi connectivity index (χ4v) is 7.16. The van der Waals surface area contributed by atoms with Crippen molar-refractivity contribution in [2.24, 2.45) is 5.92 Å². The van der Waals surface area contributed by atoms with E-state index in [1.807, 2.05) is 10.9 Å². The average molecular weight is 320 g/mol. The maximum absolute atomic E-state index is 2.34. The maximum atomic E-state index is 2.34. The van der Waals surface area contributed by atoms with Crippen LogP contribution < -0.4 is 10.6 Å². The molecule has 0 atom stereocenters. The third-order valence-corrected chi connectivity index (χ3v) is 8.06. The Bertz CT molecular complexity index is 626. The summed E-state index contributed by atoms with van der Waals surface area (Å²) in [6, 6.07) is 22.5. The number of hydrogen-bond acceptors (Lipinski definition) is 0. The van der Waals surface area contributed by atoms with Crippen molar-refractivity contribution < 1.29 is 0 Å². The van der Waals surface area contributed by atoms with E-state index in [4.69, 9.17) is 0 Å². The zero-order chi connectivity index (χ0) is 15.5. The van der Waals surface area contributed by atoms with Gasteiger partial charge in [-0.05, 0) is 61.9 Å². The Labute approximate surface area is 141 Å². The Balaban J connectivity index is 1.80. The van der Waals surface area contributed by atoms with Gasteiger partial charge in [0, 0.05) is 0 Å². The highest BCUT2D eigenvalue weighted by Crippen LogP contribution is 2.53. The van der Waals surface area contributed by atoms with Gasteiger partial charge in [-0.3, -0.25) is 0 Å². The fraction of sp³-hybridized carbons (Fsp3) is 0.364. The first-order valence-electron chi connectivity index (χ1n) is 9.05. The first kappa shape index (κ1) is 15.2. The summed E-state index contributed by atoms with van der Waals surface area (Å²) in [4.78, 5) is 0. The Morgan fingerprint density at radius 3 is 1.78 bits per heavy atom. The molecule has 0 unspecified atom stereocenters. The smallest absolute Gasteiger partial charge is 0.0154 e. The highest BCUT2D eigenvalue weighted by atomic mass is 31.1. The summed E-state index contributed by atoms with van der Waals surface area (Å²) in [7, 11) is -0.328. The molecule has 0 aromatic heterocycles. The topological polar surface area (TPSA) is 0 Å². The quantitative estimate of drug-likeness (QED) is 0.629. The van der Waals surface area contributed by atoms with Crippen LogP contribution in [0.5, 0.6) is 0 Å². The summed E-state index contributed by atoms with van der Waals surface area (Å²) in [5, 5.41) is 4.87. The van der Waals surface area contributed by atoms with E-state index in [1.165, 1.54) is 55.6 Å². The molecule has 2 aromatic rings. The second kappa shape index (κ2) is 7.02. The van der Waals surface area contributed by atoms with E-state index in [0.717, 1.165) is 5.92 Å². The number of rotatable bonds is 4. The van der Waals surface area contributed by atoms with E-state index < -0.39 is 0 Å². The highest BCUT2D eigenvalue weighted by Gasteiger charge is 2.30. The van der Waals surface area contributed by atoms with Crippen LogP contribution in [0.25, 0.3) is 0 Å². The second-order valence-electron chi connectivity index (χ2n) is 6.81. The maximum Gasteiger partial charge on any atom is -0.0154 e. The molecule has 1 saturated carbocycles. The minimum absolute atomic E-state index is 0.328. The summed E-state index contributed by atoms with van der Waals surface area (Å²) in [5.41, 5.74) is 1.85. The van der Waals surface area contributed by atoms with Crippen molar-refractivity contribution in [3.8, 4) is 0 Å². The van der Waals surface area contributed by atoms with Gasteiger partial charge in [0.15, 0.2) is 0 Å². The number of benzene rings is 2. The van der Waals surface area contributed by atoms with Crippen LogP contribution in [0.1, 0.15) is 44.9 Å². The van der Waals surface area contributed by atoms with Crippen LogP contribution in [0.2, 0.25) is 0 Å². The molecule has 0 nitrogen and oxygen atoms in total. The summed E-state index contributed by atoms with van der Waals surface area (Å²) >= 11 is 0. The molecule has 2 aromatic carbocycles. The second-order valence-corrected chi connectivity index (χ2v) is 9.06. The molecule has 0 heterocycles. The molecule has 1 heteroatoms. The highest BCUT2D eigenvalue weighted by molar-refractivity contribution is 7.76. The third kappa shape index (κ3) is 3.15. The van der Waals surface area contributed by atoms with Crippen molar-refractivity contribution in [2.45, 2.75) is 44.9 Å². The summed E-state index contributed by atoms with van der Waals surface area (Å²) in [6.45, 7) is 0. The first-order valence-corrected chi connectivity index (χ1v) is 10.4. The molecule has 2 aliphatic carbocycles. The summed E-state index contributed by atoms with van der Waals surface area (Å²) in [6.07, 6.45) is 9.81. The predicted octanol–water partition coefficient (Wildman–Crippen LogP) is 5.75. The van der Waals surface area contributed by atoms with E-state index in [9.17, 15) is 0 Å². The van der Waals surface area contributed by atoms with Gasteiger partial charge in [-0.25, -0.2) is 0 Å². The van der Waals surface area contributed by atoms with Crippen LogP contribution in [-0.4, -0.2) is 0 Å². The van der Waals surface area contributed by atoms with Crippen LogP contribution in [-0.2, 0) is 0 Å². The largest absolute Gasteiger partial charge is 0.0628 e. The zero-order valence-electron chi connectivity index (χ0n) is 13.7. The Morgan fingerprint density at radius 2 is 1.22 bits per heavy atom. The molecule has 0 radical (unpaired) electrons. The lowest BCUT2D eigenvalue weighted by molar-refractivity contribution is 0.620. The average Bonchev–Trinajstić information content (AvgIpc) is 3.28. The molecule has 0 amide bonds. The molecule has 23 heavy (non-hydrogen) atoms. The fourth-order valence-electron chi connectivity index (χ4n) is 4.34. The Kier molecular flexibility index (Phi) is 4.62. The van der Waals surface area contributed by atoms with Crippen molar-refractivity contribution in [1.29, 1.82) is 0 Å².